The number of nitrogens with one attached hydrogen (secondary N) is 1. The molecule has 0 fully saturated rings. The van der Waals surface area contributed by atoms with Crippen molar-refractivity contribution in [1.29, 1.82) is 0 Å². The van der Waals surface area contributed by atoms with E-state index in [-0.39, 0.29) is 17.8 Å². The highest BCUT2D eigenvalue weighted by Gasteiger charge is 2.13. The summed E-state index contributed by atoms with van der Waals surface area (Å²) < 4.78 is 5.32. The van der Waals surface area contributed by atoms with Gasteiger partial charge in [-0.05, 0) is 36.2 Å². The number of nitrogens with zero attached hydrogens (tertiary/aromatic N) is 1. The van der Waals surface area contributed by atoms with E-state index in [4.69, 9.17) is 10.6 Å². The largest absolute Gasteiger partial charge is 0.426 e. The molecule has 2 rings (SSSR count). The number of carbonyl (C=O) groups is 2. The predicted molar refractivity (Wildman–Crippen MR) is 97.7 cm³/mol. The van der Waals surface area contributed by atoms with Gasteiger partial charge in [0.1, 0.15) is 5.75 Å². The molecule has 1 unspecified atom stereocenters. The van der Waals surface area contributed by atoms with Gasteiger partial charge in [-0.15, -0.1) is 0 Å². The summed E-state index contributed by atoms with van der Waals surface area (Å²) in [5.41, 5.74) is 1.74. The number of esters is 1. The average Bonchev–Trinajstić information content (AvgIpc) is 2.61. The van der Waals surface area contributed by atoms with Crippen LogP contribution in [0.3, 0.4) is 0 Å². The minimum atomic E-state index is -0.292. The molecule has 3 N–H and O–H groups in total. The maximum absolute atomic E-state index is 12.4. The first kappa shape index (κ1) is 18.2. The summed E-state index contributed by atoms with van der Waals surface area (Å²) in [7, 11) is 0. The summed E-state index contributed by atoms with van der Waals surface area (Å²) in [6.45, 7) is 3.73. The smallest absolute Gasteiger partial charge is 0.314 e. The van der Waals surface area contributed by atoms with Crippen molar-refractivity contribution in [2.24, 2.45) is 16.9 Å². The van der Waals surface area contributed by atoms with E-state index in [0.29, 0.717) is 23.4 Å². The number of anilines is 1. The quantitative estimate of drug-likeness (QED) is 0.278. The molecule has 0 aromatic heterocycles. The number of ether oxygens (including phenoxy) is 1. The van der Waals surface area contributed by atoms with Gasteiger partial charge in [0, 0.05) is 17.3 Å². The first-order valence-corrected chi connectivity index (χ1v) is 8.00. The number of nitrogens with two attached hydrogens (primary N) is 1. The normalized spacial score (nSPS) is 11.9. The molecule has 130 valence electrons. The summed E-state index contributed by atoms with van der Waals surface area (Å²) >= 11 is 0. The van der Waals surface area contributed by atoms with Gasteiger partial charge in [-0.3, -0.25) is 9.59 Å². The number of hydrogen-bond acceptors (Lipinski definition) is 5. The SMILES string of the molecule is CCC(C)C(=O)Oc1cccc(NC(=O)c2cccc(/C=N/N)c2)c1. The Morgan fingerprint density at radius 2 is 2.00 bits per heavy atom. The molecule has 1 atom stereocenters. The second kappa shape index (κ2) is 8.63. The van der Waals surface area contributed by atoms with Gasteiger partial charge in [-0.25, -0.2) is 0 Å². The Morgan fingerprint density at radius 3 is 2.72 bits per heavy atom. The summed E-state index contributed by atoms with van der Waals surface area (Å²) in [6, 6.07) is 13.6. The summed E-state index contributed by atoms with van der Waals surface area (Å²) in [6.07, 6.45) is 2.17. The third kappa shape index (κ3) is 5.17. The van der Waals surface area contributed by atoms with Crippen molar-refractivity contribution in [3.05, 3.63) is 59.7 Å². The van der Waals surface area contributed by atoms with Crippen molar-refractivity contribution in [3.8, 4) is 5.75 Å². The van der Waals surface area contributed by atoms with E-state index < -0.39 is 0 Å². The maximum Gasteiger partial charge on any atom is 0.314 e. The van der Waals surface area contributed by atoms with Crippen LogP contribution < -0.4 is 15.9 Å². The molecule has 0 aliphatic carbocycles. The standard InChI is InChI=1S/C19H21N3O3/c1-3-13(2)19(24)25-17-9-5-8-16(11-17)22-18(23)15-7-4-6-14(10-15)12-21-20/h4-13H,3,20H2,1-2H3,(H,22,23)/b21-12+. The Morgan fingerprint density at radius 1 is 1.24 bits per heavy atom. The lowest BCUT2D eigenvalue weighted by Gasteiger charge is -2.11. The monoisotopic (exact) mass is 339 g/mol. The Bertz CT molecular complexity index is 787. The molecule has 0 aliphatic heterocycles. The molecular weight excluding hydrogens is 318 g/mol. The molecule has 0 saturated carbocycles. The van der Waals surface area contributed by atoms with Crippen LogP contribution in [-0.4, -0.2) is 18.1 Å². The molecule has 25 heavy (non-hydrogen) atoms. The number of rotatable bonds is 6. The van der Waals surface area contributed by atoms with Gasteiger partial charge in [0.15, 0.2) is 0 Å². The predicted octanol–water partition coefficient (Wildman–Crippen LogP) is 3.18. The minimum absolute atomic E-state index is 0.176. The molecule has 2 aromatic rings. The van der Waals surface area contributed by atoms with Crippen molar-refractivity contribution < 1.29 is 14.3 Å². The third-order valence-electron chi connectivity index (χ3n) is 3.70. The van der Waals surface area contributed by atoms with Crippen LogP contribution in [0.2, 0.25) is 0 Å². The lowest BCUT2D eigenvalue weighted by Crippen LogP contribution is -2.17. The Labute approximate surface area is 146 Å². The fourth-order valence-corrected chi connectivity index (χ4v) is 2.07. The Kier molecular flexibility index (Phi) is 6.28. The zero-order valence-corrected chi connectivity index (χ0v) is 14.2. The summed E-state index contributed by atoms with van der Waals surface area (Å²) in [4.78, 5) is 24.2. The van der Waals surface area contributed by atoms with E-state index in [1.54, 1.807) is 48.5 Å². The highest BCUT2D eigenvalue weighted by molar-refractivity contribution is 6.05. The first-order chi connectivity index (χ1) is 12.0. The van der Waals surface area contributed by atoms with Crippen molar-refractivity contribution in [2.75, 3.05) is 5.32 Å². The Balaban J connectivity index is 2.10. The number of hydrogen-bond donors (Lipinski definition) is 2. The highest BCUT2D eigenvalue weighted by Crippen LogP contribution is 2.20. The molecular formula is C19H21N3O3. The van der Waals surface area contributed by atoms with Gasteiger partial charge >= 0.3 is 5.97 Å². The second-order valence-corrected chi connectivity index (χ2v) is 5.62. The van der Waals surface area contributed by atoms with Gasteiger partial charge in [0.2, 0.25) is 0 Å². The molecule has 0 radical (unpaired) electrons. The number of benzene rings is 2. The van der Waals surface area contributed by atoms with E-state index in [2.05, 4.69) is 10.4 Å². The number of hydrazone groups is 1. The van der Waals surface area contributed by atoms with Crippen LogP contribution in [0.25, 0.3) is 0 Å². The number of amides is 1. The van der Waals surface area contributed by atoms with Crippen LogP contribution in [0.1, 0.15) is 36.2 Å². The lowest BCUT2D eigenvalue weighted by atomic mass is 10.1. The average molecular weight is 339 g/mol. The maximum atomic E-state index is 12.4. The summed E-state index contributed by atoms with van der Waals surface area (Å²) in [5, 5.41) is 6.22. The molecule has 6 nitrogen and oxygen atoms in total. The van der Waals surface area contributed by atoms with E-state index in [9.17, 15) is 9.59 Å². The van der Waals surface area contributed by atoms with Gasteiger partial charge in [0.05, 0.1) is 12.1 Å². The zero-order valence-electron chi connectivity index (χ0n) is 14.2. The molecule has 0 saturated heterocycles. The minimum Gasteiger partial charge on any atom is -0.426 e. The fraction of sp³-hybridized carbons (Fsp3) is 0.211. The van der Waals surface area contributed by atoms with Crippen LogP contribution >= 0.6 is 0 Å². The molecule has 2 aromatic carbocycles. The van der Waals surface area contributed by atoms with Crippen LogP contribution in [0.4, 0.5) is 5.69 Å². The van der Waals surface area contributed by atoms with Crippen molar-refractivity contribution in [3.63, 3.8) is 0 Å². The van der Waals surface area contributed by atoms with E-state index in [1.807, 2.05) is 13.8 Å². The molecule has 6 heteroatoms. The van der Waals surface area contributed by atoms with Crippen molar-refractivity contribution in [2.45, 2.75) is 20.3 Å². The second-order valence-electron chi connectivity index (χ2n) is 5.62. The topological polar surface area (TPSA) is 93.8 Å². The number of carbonyl (C=O) groups excluding carboxylic acids is 2. The van der Waals surface area contributed by atoms with Gasteiger partial charge in [0.25, 0.3) is 5.91 Å². The van der Waals surface area contributed by atoms with Crippen LogP contribution in [0, 0.1) is 5.92 Å². The van der Waals surface area contributed by atoms with Crippen LogP contribution in [-0.2, 0) is 4.79 Å². The van der Waals surface area contributed by atoms with Gasteiger partial charge < -0.3 is 15.9 Å². The molecule has 0 heterocycles. The first-order valence-electron chi connectivity index (χ1n) is 8.00. The third-order valence-corrected chi connectivity index (χ3v) is 3.70. The van der Waals surface area contributed by atoms with E-state index in [1.165, 1.54) is 6.21 Å². The molecule has 0 bridgehead atoms. The highest BCUT2D eigenvalue weighted by atomic mass is 16.5. The molecule has 0 aliphatic rings. The Hall–Kier alpha value is -3.15. The van der Waals surface area contributed by atoms with Crippen LogP contribution in [0.15, 0.2) is 53.6 Å². The molecule has 0 spiro atoms. The van der Waals surface area contributed by atoms with Crippen LogP contribution in [0.5, 0.6) is 5.75 Å². The van der Waals surface area contributed by atoms with E-state index >= 15 is 0 Å². The van der Waals surface area contributed by atoms with Gasteiger partial charge in [-0.1, -0.05) is 32.0 Å². The fourth-order valence-electron chi connectivity index (χ4n) is 2.07. The van der Waals surface area contributed by atoms with Gasteiger partial charge in [-0.2, -0.15) is 5.10 Å². The summed E-state index contributed by atoms with van der Waals surface area (Å²) in [5.74, 6) is 4.77. The van der Waals surface area contributed by atoms with Crippen molar-refractivity contribution >= 4 is 23.8 Å². The van der Waals surface area contributed by atoms with E-state index in [0.717, 1.165) is 5.56 Å². The zero-order chi connectivity index (χ0) is 18.2. The van der Waals surface area contributed by atoms with Crippen molar-refractivity contribution in [1.82, 2.24) is 0 Å². The molecule has 1 amide bonds. The lowest BCUT2D eigenvalue weighted by molar-refractivity contribution is -0.138.